The number of pyridine rings is 1. The van der Waals surface area contributed by atoms with Crippen LogP contribution in [0.15, 0.2) is 47.7 Å². The van der Waals surface area contributed by atoms with Gasteiger partial charge >= 0.3 is 0 Å². The summed E-state index contributed by atoms with van der Waals surface area (Å²) in [6.45, 7) is 4.41. The summed E-state index contributed by atoms with van der Waals surface area (Å²) in [7, 11) is 1.77. The predicted octanol–water partition coefficient (Wildman–Crippen LogP) is 2.17. The maximum Gasteiger partial charge on any atom is 0.191 e. The van der Waals surface area contributed by atoms with Gasteiger partial charge in [-0.1, -0.05) is 6.07 Å². The molecule has 6 heteroatoms. The number of aliphatic imine (C=N–C) groups is 1. The fourth-order valence-corrected chi connectivity index (χ4v) is 1.92. The first kappa shape index (κ1) is 17.5. The molecule has 0 aliphatic heterocycles. The minimum Gasteiger partial charge on any atom is -0.355 e. The number of hydrogen-bond acceptors (Lipinski definition) is 2. The molecule has 114 valence electrons. The Bertz CT molecular complexity index is 551. The monoisotopic (exact) mass is 399 g/mol. The van der Waals surface area contributed by atoms with Gasteiger partial charge in [0.15, 0.2) is 5.96 Å². The molecule has 0 aliphatic carbocycles. The van der Waals surface area contributed by atoms with Crippen LogP contribution < -0.4 is 10.6 Å². The summed E-state index contributed by atoms with van der Waals surface area (Å²) in [6, 6.07) is 10.1. The number of nitrogens with one attached hydrogen (secondary N) is 2. The lowest BCUT2D eigenvalue weighted by Gasteiger charge is -2.12. The van der Waals surface area contributed by atoms with E-state index in [1.807, 2.05) is 37.3 Å². The lowest BCUT2D eigenvalue weighted by Crippen LogP contribution is -2.38. The number of aryl methyl sites for hydroxylation is 1. The molecule has 0 bridgehead atoms. The van der Waals surface area contributed by atoms with Crippen molar-refractivity contribution in [1.82, 2.24) is 20.2 Å². The zero-order chi connectivity index (χ0) is 14.2. The summed E-state index contributed by atoms with van der Waals surface area (Å²) in [4.78, 5) is 8.65. The van der Waals surface area contributed by atoms with Crippen LogP contribution in [0.2, 0.25) is 0 Å². The van der Waals surface area contributed by atoms with Crippen LogP contribution in [0.1, 0.15) is 11.4 Å². The number of nitrogens with zero attached hydrogens (tertiary/aromatic N) is 3. The Kier molecular flexibility index (Phi) is 7.81. The molecule has 0 aromatic carbocycles. The molecule has 2 rings (SSSR count). The van der Waals surface area contributed by atoms with Crippen molar-refractivity contribution in [1.29, 1.82) is 0 Å². The zero-order valence-corrected chi connectivity index (χ0v) is 14.7. The lowest BCUT2D eigenvalue weighted by molar-refractivity contribution is 0.664. The SMILES string of the molecule is CN=C(NCCn1cccc1)NCc1cccc(C)n1.I. The first-order valence-corrected chi connectivity index (χ1v) is 6.76. The summed E-state index contributed by atoms with van der Waals surface area (Å²) in [5, 5.41) is 6.54. The highest BCUT2D eigenvalue weighted by Gasteiger charge is 1.99. The third-order valence-electron chi connectivity index (χ3n) is 2.94. The van der Waals surface area contributed by atoms with E-state index in [2.05, 4.69) is 37.6 Å². The normalized spacial score (nSPS) is 10.9. The fraction of sp³-hybridized carbons (Fsp3) is 0.333. The van der Waals surface area contributed by atoms with E-state index in [-0.39, 0.29) is 24.0 Å². The standard InChI is InChI=1S/C15H21N5.HI/c1-13-6-5-7-14(19-13)12-18-15(16-2)17-8-11-20-9-3-4-10-20;/h3-7,9-10H,8,11-12H2,1-2H3,(H2,16,17,18);1H. The summed E-state index contributed by atoms with van der Waals surface area (Å²) < 4.78 is 2.13. The Labute approximate surface area is 142 Å². The molecule has 0 saturated carbocycles. The van der Waals surface area contributed by atoms with E-state index < -0.39 is 0 Å². The topological polar surface area (TPSA) is 54.2 Å². The van der Waals surface area contributed by atoms with Gasteiger partial charge in [-0.15, -0.1) is 24.0 Å². The summed E-state index contributed by atoms with van der Waals surface area (Å²) in [6.07, 6.45) is 4.10. The molecule has 0 atom stereocenters. The summed E-state index contributed by atoms with van der Waals surface area (Å²) in [5.74, 6) is 0.792. The maximum absolute atomic E-state index is 4.45. The molecule has 0 saturated heterocycles. The lowest BCUT2D eigenvalue weighted by atomic mass is 10.3. The summed E-state index contributed by atoms with van der Waals surface area (Å²) in [5.41, 5.74) is 2.04. The third-order valence-corrected chi connectivity index (χ3v) is 2.94. The van der Waals surface area contributed by atoms with Crippen molar-refractivity contribution in [3.63, 3.8) is 0 Å². The first-order chi connectivity index (χ1) is 9.78. The van der Waals surface area contributed by atoms with Crippen molar-refractivity contribution in [2.45, 2.75) is 20.0 Å². The number of rotatable bonds is 5. The highest BCUT2D eigenvalue weighted by atomic mass is 127. The molecular formula is C15H22IN5. The molecule has 2 N–H and O–H groups in total. The number of hydrogen-bond donors (Lipinski definition) is 2. The van der Waals surface area contributed by atoms with E-state index >= 15 is 0 Å². The Morgan fingerprint density at radius 1 is 1.19 bits per heavy atom. The second-order valence-electron chi connectivity index (χ2n) is 4.54. The van der Waals surface area contributed by atoms with Crippen molar-refractivity contribution in [3.8, 4) is 0 Å². The van der Waals surface area contributed by atoms with Crippen LogP contribution in [0.3, 0.4) is 0 Å². The molecule has 2 aromatic rings. The number of aromatic nitrogens is 2. The zero-order valence-electron chi connectivity index (χ0n) is 12.4. The van der Waals surface area contributed by atoms with Gasteiger partial charge in [0.05, 0.1) is 12.2 Å². The van der Waals surface area contributed by atoms with Crippen molar-refractivity contribution in [3.05, 3.63) is 54.1 Å². The van der Waals surface area contributed by atoms with Crippen molar-refractivity contribution in [2.24, 2.45) is 4.99 Å². The molecule has 0 radical (unpaired) electrons. The molecular weight excluding hydrogens is 377 g/mol. The van der Waals surface area contributed by atoms with Gasteiger partial charge in [0.1, 0.15) is 0 Å². The van der Waals surface area contributed by atoms with E-state index in [4.69, 9.17) is 0 Å². The number of guanidine groups is 1. The van der Waals surface area contributed by atoms with Gasteiger partial charge in [-0.2, -0.15) is 0 Å². The quantitative estimate of drug-likeness (QED) is 0.461. The molecule has 0 spiro atoms. The average molecular weight is 399 g/mol. The second-order valence-corrected chi connectivity index (χ2v) is 4.54. The van der Waals surface area contributed by atoms with Gasteiger partial charge in [0, 0.05) is 38.2 Å². The molecule has 5 nitrogen and oxygen atoms in total. The van der Waals surface area contributed by atoms with Crippen LogP contribution in [0.5, 0.6) is 0 Å². The fourth-order valence-electron chi connectivity index (χ4n) is 1.92. The highest BCUT2D eigenvalue weighted by Crippen LogP contribution is 1.97. The third kappa shape index (κ3) is 6.16. The van der Waals surface area contributed by atoms with Gasteiger partial charge in [-0.25, -0.2) is 0 Å². The Morgan fingerprint density at radius 2 is 1.95 bits per heavy atom. The van der Waals surface area contributed by atoms with Crippen molar-refractivity contribution < 1.29 is 0 Å². The Hall–Kier alpha value is -1.57. The highest BCUT2D eigenvalue weighted by molar-refractivity contribution is 14.0. The van der Waals surface area contributed by atoms with Gasteiger partial charge in [-0.05, 0) is 31.2 Å². The first-order valence-electron chi connectivity index (χ1n) is 6.76. The van der Waals surface area contributed by atoms with Gasteiger partial charge in [-0.3, -0.25) is 9.98 Å². The molecule has 2 heterocycles. The maximum atomic E-state index is 4.45. The molecule has 0 aliphatic rings. The van der Waals surface area contributed by atoms with Crippen LogP contribution in [0.25, 0.3) is 0 Å². The second kappa shape index (κ2) is 9.38. The van der Waals surface area contributed by atoms with Crippen LogP contribution in [-0.2, 0) is 13.1 Å². The van der Waals surface area contributed by atoms with Crippen LogP contribution in [0.4, 0.5) is 0 Å². The van der Waals surface area contributed by atoms with Crippen molar-refractivity contribution >= 4 is 29.9 Å². The smallest absolute Gasteiger partial charge is 0.191 e. The number of halogens is 1. The predicted molar refractivity (Wildman–Crippen MR) is 97.0 cm³/mol. The summed E-state index contributed by atoms with van der Waals surface area (Å²) >= 11 is 0. The minimum atomic E-state index is 0. The van der Waals surface area contributed by atoms with E-state index in [0.29, 0.717) is 6.54 Å². The largest absolute Gasteiger partial charge is 0.355 e. The molecule has 2 aromatic heterocycles. The average Bonchev–Trinajstić information content (AvgIpc) is 2.96. The minimum absolute atomic E-state index is 0. The Balaban J connectivity index is 0.00000220. The molecule has 0 amide bonds. The molecule has 21 heavy (non-hydrogen) atoms. The van der Waals surface area contributed by atoms with Crippen molar-refractivity contribution in [2.75, 3.05) is 13.6 Å². The van der Waals surface area contributed by atoms with E-state index in [1.165, 1.54) is 0 Å². The van der Waals surface area contributed by atoms with E-state index in [9.17, 15) is 0 Å². The van der Waals surface area contributed by atoms with E-state index in [1.54, 1.807) is 7.05 Å². The van der Waals surface area contributed by atoms with Gasteiger partial charge in [0.2, 0.25) is 0 Å². The van der Waals surface area contributed by atoms with Crippen LogP contribution in [-0.4, -0.2) is 29.1 Å². The van der Waals surface area contributed by atoms with Gasteiger partial charge in [0.25, 0.3) is 0 Å². The van der Waals surface area contributed by atoms with Crippen LogP contribution >= 0.6 is 24.0 Å². The van der Waals surface area contributed by atoms with Crippen LogP contribution in [0, 0.1) is 6.92 Å². The van der Waals surface area contributed by atoms with Gasteiger partial charge < -0.3 is 15.2 Å². The Morgan fingerprint density at radius 3 is 2.62 bits per heavy atom. The molecule has 0 unspecified atom stereocenters. The molecule has 0 fully saturated rings. The van der Waals surface area contributed by atoms with E-state index in [0.717, 1.165) is 30.4 Å².